The van der Waals surface area contributed by atoms with E-state index in [1.807, 2.05) is 6.07 Å². The molecule has 2 N–H and O–H groups in total. The molecular formula is C18H23FN4O2S. The van der Waals surface area contributed by atoms with Gasteiger partial charge in [-0.3, -0.25) is 10.2 Å². The second-order valence-electron chi connectivity index (χ2n) is 6.23. The van der Waals surface area contributed by atoms with Crippen molar-refractivity contribution >= 4 is 22.5 Å². The molecule has 1 aliphatic rings. The van der Waals surface area contributed by atoms with Crippen LogP contribution in [0.3, 0.4) is 0 Å². The number of morpholine rings is 1. The summed E-state index contributed by atoms with van der Waals surface area (Å²) in [7, 11) is 0. The van der Waals surface area contributed by atoms with Gasteiger partial charge < -0.3 is 10.1 Å². The molecule has 2 amide bonds. The Hall–Kier alpha value is -2.03. The second kappa shape index (κ2) is 9.07. The lowest BCUT2D eigenvalue weighted by atomic mass is 10.1. The van der Waals surface area contributed by atoms with Crippen LogP contribution in [0.2, 0.25) is 0 Å². The predicted molar refractivity (Wildman–Crippen MR) is 100 cm³/mol. The average molecular weight is 378 g/mol. The third-order valence-electron chi connectivity index (χ3n) is 4.21. The Labute approximate surface area is 156 Å². The smallest absolute Gasteiger partial charge is 0.321 e. The van der Waals surface area contributed by atoms with Crippen LogP contribution in [-0.4, -0.2) is 55.3 Å². The van der Waals surface area contributed by atoms with Gasteiger partial charge in [0.15, 0.2) is 5.13 Å². The van der Waals surface area contributed by atoms with Crippen LogP contribution in [0, 0.1) is 12.7 Å². The summed E-state index contributed by atoms with van der Waals surface area (Å²) >= 11 is 1.40. The molecule has 6 nitrogen and oxygen atoms in total. The molecule has 2 heterocycles. The Bertz CT molecular complexity index is 747. The van der Waals surface area contributed by atoms with Crippen LogP contribution in [0.15, 0.2) is 24.4 Å². The molecule has 0 bridgehead atoms. The van der Waals surface area contributed by atoms with Crippen LogP contribution >= 0.6 is 11.3 Å². The highest BCUT2D eigenvalue weighted by molar-refractivity contribution is 7.15. The number of rotatable bonds is 6. The normalized spacial score (nSPS) is 15.0. The van der Waals surface area contributed by atoms with Gasteiger partial charge in [0.25, 0.3) is 0 Å². The molecule has 8 heteroatoms. The van der Waals surface area contributed by atoms with Crippen LogP contribution in [0.25, 0.3) is 0 Å². The lowest BCUT2D eigenvalue weighted by molar-refractivity contribution is 0.0388. The summed E-state index contributed by atoms with van der Waals surface area (Å²) < 4.78 is 18.9. The van der Waals surface area contributed by atoms with Crippen molar-refractivity contribution in [3.05, 3.63) is 46.2 Å². The first kappa shape index (κ1) is 18.8. The minimum Gasteiger partial charge on any atom is -0.379 e. The van der Waals surface area contributed by atoms with Crippen molar-refractivity contribution in [2.75, 3.05) is 44.7 Å². The van der Waals surface area contributed by atoms with E-state index in [1.54, 1.807) is 25.3 Å². The Balaban J connectivity index is 1.43. The Morgan fingerprint density at radius 1 is 1.38 bits per heavy atom. The Morgan fingerprint density at radius 2 is 2.19 bits per heavy atom. The highest BCUT2D eigenvalue weighted by Crippen LogP contribution is 2.22. The number of nitrogens with one attached hydrogen (secondary N) is 2. The summed E-state index contributed by atoms with van der Waals surface area (Å²) in [6.45, 7) is 6.42. The van der Waals surface area contributed by atoms with E-state index in [2.05, 4.69) is 20.5 Å². The molecule has 0 spiro atoms. The molecule has 1 aliphatic heterocycles. The van der Waals surface area contributed by atoms with Gasteiger partial charge in [0.2, 0.25) is 0 Å². The number of nitrogens with zero attached hydrogens (tertiary/aromatic N) is 2. The molecule has 1 aromatic heterocycles. The number of ether oxygens (including phenoxy) is 1. The zero-order valence-electron chi connectivity index (χ0n) is 14.8. The van der Waals surface area contributed by atoms with E-state index in [1.165, 1.54) is 11.3 Å². The van der Waals surface area contributed by atoms with Crippen molar-refractivity contribution in [2.24, 2.45) is 0 Å². The molecule has 2 aromatic rings. The quantitative estimate of drug-likeness (QED) is 0.811. The lowest BCUT2D eigenvalue weighted by Gasteiger charge is -2.26. The maximum atomic E-state index is 13.6. The molecule has 26 heavy (non-hydrogen) atoms. The van der Waals surface area contributed by atoms with Gasteiger partial charge in [-0.05, 0) is 24.1 Å². The number of urea groups is 1. The minimum atomic E-state index is -0.263. The zero-order chi connectivity index (χ0) is 18.4. The first-order chi connectivity index (χ1) is 12.6. The third-order valence-corrected chi connectivity index (χ3v) is 5.12. The summed E-state index contributed by atoms with van der Waals surface area (Å²) in [6, 6.07) is 4.96. The van der Waals surface area contributed by atoms with E-state index in [-0.39, 0.29) is 11.8 Å². The number of aryl methyl sites for hydroxylation is 1. The van der Waals surface area contributed by atoms with Crippen LogP contribution in [-0.2, 0) is 11.2 Å². The molecule has 0 atom stereocenters. The van der Waals surface area contributed by atoms with Gasteiger partial charge in [-0.1, -0.05) is 12.1 Å². The van der Waals surface area contributed by atoms with Crippen LogP contribution in [0.5, 0.6) is 0 Å². The SMILES string of the molecule is Cc1ccc(Cc2cnc(NC(=O)NCCN3CCOCC3)s2)cc1F. The Kier molecular flexibility index (Phi) is 6.54. The van der Waals surface area contributed by atoms with Crippen molar-refractivity contribution in [3.63, 3.8) is 0 Å². The molecule has 1 fully saturated rings. The monoisotopic (exact) mass is 378 g/mol. The second-order valence-corrected chi connectivity index (χ2v) is 7.34. The van der Waals surface area contributed by atoms with Gasteiger partial charge in [-0.25, -0.2) is 14.2 Å². The molecule has 3 rings (SSSR count). The maximum Gasteiger partial charge on any atom is 0.321 e. The summed E-state index contributed by atoms with van der Waals surface area (Å²) in [6.07, 6.45) is 2.31. The standard InChI is InChI=1S/C18H23FN4O2S/c1-13-2-3-14(11-16(13)19)10-15-12-21-18(26-15)22-17(24)20-4-5-23-6-8-25-9-7-23/h2-3,11-12H,4-10H2,1H3,(H2,20,21,22,24). The van der Waals surface area contributed by atoms with Crippen molar-refractivity contribution in [2.45, 2.75) is 13.3 Å². The van der Waals surface area contributed by atoms with Crippen molar-refractivity contribution in [1.29, 1.82) is 0 Å². The van der Waals surface area contributed by atoms with Gasteiger partial charge in [0.05, 0.1) is 13.2 Å². The van der Waals surface area contributed by atoms with Gasteiger partial charge in [-0.2, -0.15) is 0 Å². The number of carbonyl (C=O) groups excluding carboxylic acids is 1. The number of carbonyl (C=O) groups is 1. The molecule has 0 aliphatic carbocycles. The fourth-order valence-corrected chi connectivity index (χ4v) is 3.53. The third kappa shape index (κ3) is 5.48. The summed E-state index contributed by atoms with van der Waals surface area (Å²) in [5.74, 6) is -0.204. The maximum absolute atomic E-state index is 13.6. The largest absolute Gasteiger partial charge is 0.379 e. The summed E-state index contributed by atoms with van der Waals surface area (Å²) in [4.78, 5) is 19.4. The summed E-state index contributed by atoms with van der Waals surface area (Å²) in [5.41, 5.74) is 1.52. The number of hydrogen-bond donors (Lipinski definition) is 2. The molecular weight excluding hydrogens is 355 g/mol. The van der Waals surface area contributed by atoms with E-state index in [9.17, 15) is 9.18 Å². The molecule has 0 saturated carbocycles. The van der Waals surface area contributed by atoms with Crippen molar-refractivity contribution in [3.8, 4) is 0 Å². The van der Waals surface area contributed by atoms with E-state index in [0.717, 1.165) is 43.3 Å². The number of amides is 2. The molecule has 1 aromatic carbocycles. The average Bonchev–Trinajstić information content (AvgIpc) is 3.06. The highest BCUT2D eigenvalue weighted by Gasteiger charge is 2.11. The number of aromatic nitrogens is 1. The zero-order valence-corrected chi connectivity index (χ0v) is 15.6. The van der Waals surface area contributed by atoms with Gasteiger partial charge in [0, 0.05) is 43.7 Å². The molecule has 0 radical (unpaired) electrons. The first-order valence-electron chi connectivity index (χ1n) is 8.65. The first-order valence-corrected chi connectivity index (χ1v) is 9.46. The Morgan fingerprint density at radius 3 is 2.96 bits per heavy atom. The lowest BCUT2D eigenvalue weighted by Crippen LogP contribution is -2.42. The van der Waals surface area contributed by atoms with Crippen LogP contribution < -0.4 is 10.6 Å². The number of benzene rings is 1. The topological polar surface area (TPSA) is 66.5 Å². The van der Waals surface area contributed by atoms with E-state index in [0.29, 0.717) is 23.7 Å². The molecule has 1 saturated heterocycles. The van der Waals surface area contributed by atoms with Gasteiger partial charge in [-0.15, -0.1) is 11.3 Å². The highest BCUT2D eigenvalue weighted by atomic mass is 32.1. The molecule has 0 unspecified atom stereocenters. The number of halogens is 1. The number of anilines is 1. The fraction of sp³-hybridized carbons (Fsp3) is 0.444. The van der Waals surface area contributed by atoms with Gasteiger partial charge >= 0.3 is 6.03 Å². The van der Waals surface area contributed by atoms with Gasteiger partial charge in [0.1, 0.15) is 5.82 Å². The van der Waals surface area contributed by atoms with E-state index in [4.69, 9.17) is 4.74 Å². The predicted octanol–water partition coefficient (Wildman–Crippen LogP) is 2.64. The summed E-state index contributed by atoms with van der Waals surface area (Å²) in [5, 5.41) is 6.12. The van der Waals surface area contributed by atoms with Crippen LogP contribution in [0.4, 0.5) is 14.3 Å². The van der Waals surface area contributed by atoms with E-state index >= 15 is 0 Å². The van der Waals surface area contributed by atoms with Crippen molar-refractivity contribution < 1.29 is 13.9 Å². The number of thiazole rings is 1. The molecule has 140 valence electrons. The van der Waals surface area contributed by atoms with Crippen molar-refractivity contribution in [1.82, 2.24) is 15.2 Å². The minimum absolute atomic E-state index is 0.204. The van der Waals surface area contributed by atoms with E-state index < -0.39 is 0 Å². The fourth-order valence-electron chi connectivity index (χ4n) is 2.69. The number of hydrogen-bond acceptors (Lipinski definition) is 5. The van der Waals surface area contributed by atoms with Crippen LogP contribution in [0.1, 0.15) is 16.0 Å².